The summed E-state index contributed by atoms with van der Waals surface area (Å²) in [7, 11) is -3.50. The lowest BCUT2D eigenvalue weighted by molar-refractivity contribution is 0.0390. The molecule has 2 fully saturated rings. The largest absolute Gasteiger partial charge is 0.381 e. The molecule has 0 atom stereocenters. The van der Waals surface area contributed by atoms with Crippen LogP contribution in [0.4, 0.5) is 0 Å². The van der Waals surface area contributed by atoms with Crippen LogP contribution >= 0.6 is 0 Å². The van der Waals surface area contributed by atoms with Crippen molar-refractivity contribution in [2.75, 3.05) is 52.6 Å². The van der Waals surface area contributed by atoms with Gasteiger partial charge in [-0.25, -0.2) is 13.1 Å². The van der Waals surface area contributed by atoms with E-state index >= 15 is 0 Å². The highest BCUT2D eigenvalue weighted by atomic mass is 32.2. The predicted octanol–water partition coefficient (Wildman–Crippen LogP) is -0.155. The normalized spacial score (nSPS) is 21.6. The Balaban J connectivity index is 1.53. The summed E-state index contributed by atoms with van der Waals surface area (Å²) < 4.78 is 39.7. The van der Waals surface area contributed by atoms with Gasteiger partial charge < -0.3 is 9.47 Å². The highest BCUT2D eigenvalue weighted by Crippen LogP contribution is 2.21. The lowest BCUT2D eigenvalue weighted by Crippen LogP contribution is -2.41. The summed E-state index contributed by atoms with van der Waals surface area (Å²) in [5.74, 6) is 0. The van der Waals surface area contributed by atoms with Crippen LogP contribution in [0.2, 0.25) is 0 Å². The van der Waals surface area contributed by atoms with E-state index in [1.165, 1.54) is 6.20 Å². The van der Waals surface area contributed by atoms with E-state index in [1.807, 2.05) is 0 Å². The average molecular weight is 344 g/mol. The van der Waals surface area contributed by atoms with Crippen LogP contribution in [0.1, 0.15) is 18.9 Å². The fraction of sp³-hybridized carbons (Fsp3) is 0.786. The molecule has 3 heterocycles. The molecule has 0 unspecified atom stereocenters. The van der Waals surface area contributed by atoms with Gasteiger partial charge in [-0.05, 0) is 12.8 Å². The van der Waals surface area contributed by atoms with E-state index in [-0.39, 0.29) is 10.9 Å². The highest BCUT2D eigenvalue weighted by molar-refractivity contribution is 7.89. The van der Waals surface area contributed by atoms with E-state index in [9.17, 15) is 8.42 Å². The quantitative estimate of drug-likeness (QED) is 0.772. The number of nitrogens with zero attached hydrogens (tertiary/aromatic N) is 3. The molecule has 9 heteroatoms. The Morgan fingerprint density at radius 1 is 1.17 bits per heavy atom. The molecule has 23 heavy (non-hydrogen) atoms. The predicted molar refractivity (Wildman–Crippen MR) is 83.8 cm³/mol. The molecule has 0 spiro atoms. The summed E-state index contributed by atoms with van der Waals surface area (Å²) in [5.41, 5.74) is 0. The van der Waals surface area contributed by atoms with E-state index < -0.39 is 10.0 Å². The van der Waals surface area contributed by atoms with Gasteiger partial charge in [0.05, 0.1) is 25.5 Å². The molecule has 0 aliphatic carbocycles. The number of aromatic nitrogens is 2. The van der Waals surface area contributed by atoms with Crippen LogP contribution in [0, 0.1) is 0 Å². The standard InChI is InChI=1S/C14H24N4O4S/c19-23(20,16-3-4-17-5-9-22-10-6-17)14-11-15-18(12-14)13-1-7-21-8-2-13/h11-13,16H,1-10H2. The monoisotopic (exact) mass is 344 g/mol. The minimum Gasteiger partial charge on any atom is -0.381 e. The average Bonchev–Trinajstić information content (AvgIpc) is 3.07. The van der Waals surface area contributed by atoms with Crippen molar-refractivity contribution >= 4 is 10.0 Å². The SMILES string of the molecule is O=S(=O)(NCCN1CCOCC1)c1cnn(C2CCOCC2)c1. The van der Waals surface area contributed by atoms with Crippen LogP contribution in [0.25, 0.3) is 0 Å². The summed E-state index contributed by atoms with van der Waals surface area (Å²) >= 11 is 0. The maximum absolute atomic E-state index is 12.3. The first kappa shape index (κ1) is 16.8. The topological polar surface area (TPSA) is 85.7 Å². The van der Waals surface area contributed by atoms with Crippen molar-refractivity contribution in [3.05, 3.63) is 12.4 Å². The van der Waals surface area contributed by atoms with Crippen LogP contribution in [0.15, 0.2) is 17.3 Å². The van der Waals surface area contributed by atoms with Gasteiger partial charge in [0.2, 0.25) is 10.0 Å². The minimum atomic E-state index is -3.50. The van der Waals surface area contributed by atoms with Gasteiger partial charge in [-0.1, -0.05) is 0 Å². The maximum atomic E-state index is 12.3. The third-order valence-corrected chi connectivity index (χ3v) is 5.69. The van der Waals surface area contributed by atoms with E-state index in [2.05, 4.69) is 14.7 Å². The Labute approximate surface area is 136 Å². The van der Waals surface area contributed by atoms with Crippen LogP contribution in [-0.4, -0.2) is 75.7 Å². The summed E-state index contributed by atoms with van der Waals surface area (Å²) in [6.45, 7) is 5.61. The molecule has 2 aliphatic heterocycles. The van der Waals surface area contributed by atoms with Crippen molar-refractivity contribution in [1.82, 2.24) is 19.4 Å². The summed E-state index contributed by atoms with van der Waals surface area (Å²) in [5, 5.41) is 4.22. The molecule has 1 aromatic heterocycles. The Morgan fingerprint density at radius 3 is 2.61 bits per heavy atom. The van der Waals surface area contributed by atoms with Crippen molar-refractivity contribution in [1.29, 1.82) is 0 Å². The Kier molecular flexibility index (Phi) is 5.65. The van der Waals surface area contributed by atoms with Gasteiger partial charge >= 0.3 is 0 Å². The molecule has 1 N–H and O–H groups in total. The van der Waals surface area contributed by atoms with Gasteiger partial charge in [0.15, 0.2) is 0 Å². The fourth-order valence-corrected chi connectivity index (χ4v) is 3.81. The first-order valence-corrected chi connectivity index (χ1v) is 9.55. The van der Waals surface area contributed by atoms with Crippen LogP contribution < -0.4 is 4.72 Å². The first-order valence-electron chi connectivity index (χ1n) is 8.07. The van der Waals surface area contributed by atoms with Gasteiger partial charge in [0.1, 0.15) is 4.90 Å². The Bertz CT molecular complexity index is 592. The summed E-state index contributed by atoms with van der Waals surface area (Å²) in [6.07, 6.45) is 4.77. The number of hydrogen-bond donors (Lipinski definition) is 1. The van der Waals surface area contributed by atoms with Crippen molar-refractivity contribution < 1.29 is 17.9 Å². The minimum absolute atomic E-state index is 0.223. The first-order chi connectivity index (χ1) is 11.1. The van der Waals surface area contributed by atoms with Crippen molar-refractivity contribution in [2.24, 2.45) is 0 Å². The molecule has 0 amide bonds. The van der Waals surface area contributed by atoms with Gasteiger partial charge in [-0.15, -0.1) is 0 Å². The second-order valence-electron chi connectivity index (χ2n) is 5.85. The third-order valence-electron chi connectivity index (χ3n) is 4.28. The molecule has 0 aromatic carbocycles. The summed E-state index contributed by atoms with van der Waals surface area (Å²) in [4.78, 5) is 2.42. The molecular formula is C14H24N4O4S. The van der Waals surface area contributed by atoms with Crippen molar-refractivity contribution in [3.8, 4) is 0 Å². The smallest absolute Gasteiger partial charge is 0.243 e. The van der Waals surface area contributed by atoms with E-state index in [1.54, 1.807) is 10.9 Å². The molecule has 2 saturated heterocycles. The molecule has 0 saturated carbocycles. The molecule has 3 rings (SSSR count). The maximum Gasteiger partial charge on any atom is 0.243 e. The zero-order chi connectivity index (χ0) is 16.1. The zero-order valence-corrected chi connectivity index (χ0v) is 14.0. The number of sulfonamides is 1. The number of hydrogen-bond acceptors (Lipinski definition) is 6. The third kappa shape index (κ3) is 4.51. The van der Waals surface area contributed by atoms with Crippen LogP contribution in [-0.2, 0) is 19.5 Å². The molecule has 130 valence electrons. The molecule has 1 aromatic rings. The van der Waals surface area contributed by atoms with Gasteiger partial charge in [0.25, 0.3) is 0 Å². The lowest BCUT2D eigenvalue weighted by Gasteiger charge is -2.26. The van der Waals surface area contributed by atoms with Crippen molar-refractivity contribution in [2.45, 2.75) is 23.8 Å². The van der Waals surface area contributed by atoms with Crippen molar-refractivity contribution in [3.63, 3.8) is 0 Å². The van der Waals surface area contributed by atoms with E-state index in [0.717, 1.165) is 25.9 Å². The van der Waals surface area contributed by atoms with E-state index in [0.29, 0.717) is 39.5 Å². The lowest BCUT2D eigenvalue weighted by atomic mass is 10.1. The van der Waals surface area contributed by atoms with Gasteiger partial charge in [-0.3, -0.25) is 9.58 Å². The van der Waals surface area contributed by atoms with E-state index in [4.69, 9.17) is 9.47 Å². The van der Waals surface area contributed by atoms with Crippen LogP contribution in [0.5, 0.6) is 0 Å². The number of morpholine rings is 1. The number of rotatable bonds is 6. The highest BCUT2D eigenvalue weighted by Gasteiger charge is 2.21. The molecule has 2 aliphatic rings. The zero-order valence-electron chi connectivity index (χ0n) is 13.2. The Hall–Kier alpha value is -1.00. The van der Waals surface area contributed by atoms with Gasteiger partial charge in [-0.2, -0.15) is 5.10 Å². The molecular weight excluding hydrogens is 320 g/mol. The molecule has 0 radical (unpaired) electrons. The Morgan fingerprint density at radius 2 is 1.87 bits per heavy atom. The summed E-state index contributed by atoms with van der Waals surface area (Å²) in [6, 6.07) is 0.223. The number of nitrogens with one attached hydrogen (secondary N) is 1. The second-order valence-corrected chi connectivity index (χ2v) is 7.62. The molecule has 0 bridgehead atoms. The number of ether oxygens (including phenoxy) is 2. The fourth-order valence-electron chi connectivity index (χ4n) is 2.85. The molecule has 8 nitrogen and oxygen atoms in total. The van der Waals surface area contributed by atoms with Gasteiger partial charge in [0, 0.05) is 45.6 Å². The van der Waals surface area contributed by atoms with Crippen LogP contribution in [0.3, 0.4) is 0 Å². The second kappa shape index (κ2) is 7.71.